The molecule has 0 saturated heterocycles. The number of benzene rings is 2. The van der Waals surface area contributed by atoms with Crippen molar-refractivity contribution in [2.24, 2.45) is 0 Å². The summed E-state index contributed by atoms with van der Waals surface area (Å²) in [5.41, 5.74) is 2.38. The van der Waals surface area contributed by atoms with E-state index in [4.69, 9.17) is 0 Å². The zero-order chi connectivity index (χ0) is 19.2. The predicted molar refractivity (Wildman–Crippen MR) is 106 cm³/mol. The number of aryl methyl sites for hydroxylation is 1. The SMILES string of the molecule is CCCN(Cc1ccccc1)C(=O)CN(c1ccccc1C)S(C)(=O)=O. The van der Waals surface area contributed by atoms with Crippen molar-refractivity contribution >= 4 is 21.6 Å². The molecule has 2 rings (SSSR count). The fraction of sp³-hybridized carbons (Fsp3) is 0.350. The van der Waals surface area contributed by atoms with E-state index in [1.165, 1.54) is 4.31 Å². The van der Waals surface area contributed by atoms with Crippen molar-refractivity contribution in [3.05, 3.63) is 65.7 Å². The highest BCUT2D eigenvalue weighted by molar-refractivity contribution is 7.92. The second kappa shape index (κ2) is 8.85. The number of anilines is 1. The molecule has 2 aromatic carbocycles. The molecule has 140 valence electrons. The first kappa shape index (κ1) is 20.0. The Morgan fingerprint density at radius 3 is 2.19 bits per heavy atom. The van der Waals surface area contributed by atoms with E-state index in [0.29, 0.717) is 18.8 Å². The van der Waals surface area contributed by atoms with Gasteiger partial charge in [-0.2, -0.15) is 0 Å². The van der Waals surface area contributed by atoms with Gasteiger partial charge in [0, 0.05) is 13.1 Å². The average molecular weight is 375 g/mol. The zero-order valence-electron chi connectivity index (χ0n) is 15.6. The Morgan fingerprint density at radius 1 is 1.00 bits per heavy atom. The molecule has 0 aliphatic rings. The lowest BCUT2D eigenvalue weighted by molar-refractivity contribution is -0.130. The van der Waals surface area contributed by atoms with Gasteiger partial charge in [-0.15, -0.1) is 0 Å². The third kappa shape index (κ3) is 5.33. The van der Waals surface area contributed by atoms with Gasteiger partial charge in [0.25, 0.3) is 0 Å². The van der Waals surface area contributed by atoms with Crippen molar-refractivity contribution in [2.45, 2.75) is 26.8 Å². The smallest absolute Gasteiger partial charge is 0.243 e. The third-order valence-electron chi connectivity index (χ3n) is 4.13. The summed E-state index contributed by atoms with van der Waals surface area (Å²) in [6.07, 6.45) is 1.94. The molecular weight excluding hydrogens is 348 g/mol. The lowest BCUT2D eigenvalue weighted by Crippen LogP contribution is -2.43. The molecule has 5 nitrogen and oxygen atoms in total. The van der Waals surface area contributed by atoms with Crippen LogP contribution in [0.15, 0.2) is 54.6 Å². The largest absolute Gasteiger partial charge is 0.337 e. The van der Waals surface area contributed by atoms with Gasteiger partial charge in [-0.05, 0) is 30.5 Å². The van der Waals surface area contributed by atoms with Crippen molar-refractivity contribution in [1.29, 1.82) is 0 Å². The second-order valence-electron chi connectivity index (χ2n) is 6.36. The molecule has 0 spiro atoms. The predicted octanol–water partition coefficient (Wildman–Crippen LogP) is 3.20. The van der Waals surface area contributed by atoms with Crippen molar-refractivity contribution in [3.8, 4) is 0 Å². The highest BCUT2D eigenvalue weighted by Crippen LogP contribution is 2.22. The van der Waals surface area contributed by atoms with Gasteiger partial charge in [0.15, 0.2) is 0 Å². The Morgan fingerprint density at radius 2 is 1.62 bits per heavy atom. The van der Waals surface area contributed by atoms with Gasteiger partial charge >= 0.3 is 0 Å². The molecule has 0 atom stereocenters. The molecule has 0 unspecified atom stereocenters. The Kier molecular flexibility index (Phi) is 6.80. The quantitative estimate of drug-likeness (QED) is 0.713. The molecule has 1 amide bonds. The Bertz CT molecular complexity index is 835. The third-order valence-corrected chi connectivity index (χ3v) is 5.25. The number of amides is 1. The number of sulfonamides is 1. The summed E-state index contributed by atoms with van der Waals surface area (Å²) in [6, 6.07) is 16.9. The minimum Gasteiger partial charge on any atom is -0.337 e. The normalized spacial score (nSPS) is 11.2. The van der Waals surface area contributed by atoms with E-state index in [9.17, 15) is 13.2 Å². The first-order chi connectivity index (χ1) is 12.3. The minimum absolute atomic E-state index is 0.198. The van der Waals surface area contributed by atoms with Gasteiger partial charge < -0.3 is 4.90 Å². The van der Waals surface area contributed by atoms with E-state index in [1.54, 1.807) is 17.0 Å². The molecular formula is C20H26N2O3S. The maximum absolute atomic E-state index is 12.9. The number of hydrogen-bond donors (Lipinski definition) is 0. The molecule has 0 N–H and O–H groups in total. The fourth-order valence-electron chi connectivity index (χ4n) is 2.81. The van der Waals surface area contributed by atoms with Gasteiger partial charge in [-0.25, -0.2) is 8.42 Å². The van der Waals surface area contributed by atoms with E-state index < -0.39 is 10.0 Å². The minimum atomic E-state index is -3.57. The molecule has 26 heavy (non-hydrogen) atoms. The standard InChI is InChI=1S/C20H26N2O3S/c1-4-14-21(15-18-11-6-5-7-12-18)20(23)16-22(26(3,24)25)19-13-9-8-10-17(19)2/h5-13H,4,14-16H2,1-3H3. The molecule has 0 fully saturated rings. The average Bonchev–Trinajstić information content (AvgIpc) is 2.60. The van der Waals surface area contributed by atoms with Gasteiger partial charge in [0.2, 0.25) is 15.9 Å². The summed E-state index contributed by atoms with van der Waals surface area (Å²) < 4.78 is 25.8. The highest BCUT2D eigenvalue weighted by Gasteiger charge is 2.24. The van der Waals surface area contributed by atoms with E-state index in [2.05, 4.69) is 0 Å². The molecule has 0 aliphatic heterocycles. The van der Waals surface area contributed by atoms with E-state index >= 15 is 0 Å². The fourth-order valence-corrected chi connectivity index (χ4v) is 3.72. The van der Waals surface area contributed by atoms with Crippen molar-refractivity contribution in [1.82, 2.24) is 4.90 Å². The van der Waals surface area contributed by atoms with Gasteiger partial charge in [-0.1, -0.05) is 55.5 Å². The van der Waals surface area contributed by atoms with Crippen LogP contribution in [0.4, 0.5) is 5.69 Å². The van der Waals surface area contributed by atoms with Gasteiger partial charge in [-0.3, -0.25) is 9.10 Å². The van der Waals surface area contributed by atoms with Crippen LogP contribution in [-0.2, 0) is 21.4 Å². The van der Waals surface area contributed by atoms with Crippen LogP contribution in [0.5, 0.6) is 0 Å². The zero-order valence-corrected chi connectivity index (χ0v) is 16.4. The van der Waals surface area contributed by atoms with Crippen LogP contribution in [0.2, 0.25) is 0 Å². The number of rotatable bonds is 8. The van der Waals surface area contributed by atoms with Crippen molar-refractivity contribution < 1.29 is 13.2 Å². The molecule has 2 aromatic rings. The van der Waals surface area contributed by atoms with E-state index in [-0.39, 0.29) is 12.5 Å². The summed E-state index contributed by atoms with van der Waals surface area (Å²) in [4.78, 5) is 14.6. The van der Waals surface area contributed by atoms with Crippen LogP contribution < -0.4 is 4.31 Å². The number of hydrogen-bond acceptors (Lipinski definition) is 3. The molecule has 6 heteroatoms. The summed E-state index contributed by atoms with van der Waals surface area (Å²) in [7, 11) is -3.57. The lowest BCUT2D eigenvalue weighted by Gasteiger charge is -2.28. The molecule has 0 saturated carbocycles. The molecule has 0 radical (unpaired) electrons. The van der Waals surface area contributed by atoms with E-state index in [0.717, 1.165) is 23.8 Å². The maximum atomic E-state index is 12.9. The Labute approximate surface area is 156 Å². The molecule has 0 aliphatic carbocycles. The van der Waals surface area contributed by atoms with Crippen LogP contribution in [0, 0.1) is 6.92 Å². The highest BCUT2D eigenvalue weighted by atomic mass is 32.2. The maximum Gasteiger partial charge on any atom is 0.243 e. The molecule has 0 heterocycles. The van der Waals surface area contributed by atoms with Crippen molar-refractivity contribution in [3.63, 3.8) is 0 Å². The number of carbonyl (C=O) groups excluding carboxylic acids is 1. The summed E-state index contributed by atoms with van der Waals surface area (Å²) in [5.74, 6) is -0.204. The van der Waals surface area contributed by atoms with Crippen molar-refractivity contribution in [2.75, 3.05) is 23.7 Å². The summed E-state index contributed by atoms with van der Waals surface area (Å²) in [5, 5.41) is 0. The number of para-hydroxylation sites is 1. The van der Waals surface area contributed by atoms with Crippen LogP contribution >= 0.6 is 0 Å². The molecule has 0 aromatic heterocycles. The summed E-state index contributed by atoms with van der Waals surface area (Å²) >= 11 is 0. The number of nitrogens with zero attached hydrogens (tertiary/aromatic N) is 2. The van der Waals surface area contributed by atoms with Crippen LogP contribution in [-0.4, -0.2) is 38.6 Å². The molecule has 0 bridgehead atoms. The van der Waals surface area contributed by atoms with Crippen LogP contribution in [0.1, 0.15) is 24.5 Å². The first-order valence-corrected chi connectivity index (χ1v) is 10.5. The second-order valence-corrected chi connectivity index (χ2v) is 8.26. The van der Waals surface area contributed by atoms with Crippen LogP contribution in [0.3, 0.4) is 0 Å². The monoisotopic (exact) mass is 374 g/mol. The van der Waals surface area contributed by atoms with Gasteiger partial charge in [0.05, 0.1) is 11.9 Å². The Balaban J connectivity index is 2.25. The first-order valence-electron chi connectivity index (χ1n) is 8.68. The van der Waals surface area contributed by atoms with E-state index in [1.807, 2.05) is 56.3 Å². The van der Waals surface area contributed by atoms with Crippen LogP contribution in [0.25, 0.3) is 0 Å². The lowest BCUT2D eigenvalue weighted by atomic mass is 10.2. The topological polar surface area (TPSA) is 57.7 Å². The summed E-state index contributed by atoms with van der Waals surface area (Å²) in [6.45, 7) is 4.70. The number of carbonyl (C=O) groups is 1. The van der Waals surface area contributed by atoms with Gasteiger partial charge in [0.1, 0.15) is 6.54 Å². The Hall–Kier alpha value is -2.34.